The van der Waals surface area contributed by atoms with E-state index in [9.17, 15) is 9.59 Å². The Balaban J connectivity index is 3.31. The number of hydrogen-bond donors (Lipinski definition) is 0. The fourth-order valence-electron chi connectivity index (χ4n) is 1.63. The van der Waals surface area contributed by atoms with E-state index in [-0.39, 0.29) is 29.7 Å². The number of ether oxygens (including phenoxy) is 2. The van der Waals surface area contributed by atoms with E-state index in [1.165, 1.54) is 12.1 Å². The molecule has 0 atom stereocenters. The first-order valence-electron chi connectivity index (χ1n) is 6.97. The maximum atomic E-state index is 12.4. The van der Waals surface area contributed by atoms with Crippen molar-refractivity contribution in [3.8, 4) is 12.3 Å². The summed E-state index contributed by atoms with van der Waals surface area (Å²) in [5, 5.41) is 0.110. The highest BCUT2D eigenvalue weighted by atomic mass is 35.5. The number of esters is 1. The molecule has 1 aromatic heterocycles. The second kappa shape index (κ2) is 7.84. The van der Waals surface area contributed by atoms with E-state index in [2.05, 4.69) is 10.9 Å². The van der Waals surface area contributed by atoms with Crippen molar-refractivity contribution in [2.24, 2.45) is 0 Å². The average Bonchev–Trinajstić information content (AvgIpc) is 2.42. The van der Waals surface area contributed by atoms with Crippen molar-refractivity contribution in [1.82, 2.24) is 4.98 Å². The van der Waals surface area contributed by atoms with Crippen molar-refractivity contribution >= 4 is 29.5 Å². The first kappa shape index (κ1) is 18.8. The third-order valence-corrected chi connectivity index (χ3v) is 2.67. The van der Waals surface area contributed by atoms with Crippen LogP contribution in [0.1, 0.15) is 38.1 Å². The van der Waals surface area contributed by atoms with Crippen LogP contribution in [-0.2, 0) is 9.47 Å². The zero-order chi connectivity index (χ0) is 17.6. The lowest BCUT2D eigenvalue weighted by atomic mass is 10.2. The molecule has 1 heterocycles. The van der Waals surface area contributed by atoms with E-state index < -0.39 is 17.7 Å². The number of anilines is 1. The Morgan fingerprint density at radius 1 is 1.39 bits per heavy atom. The van der Waals surface area contributed by atoms with E-state index in [1.54, 1.807) is 27.7 Å². The summed E-state index contributed by atoms with van der Waals surface area (Å²) >= 11 is 5.89. The third kappa shape index (κ3) is 5.46. The highest BCUT2D eigenvalue weighted by molar-refractivity contribution is 6.29. The normalized spacial score (nSPS) is 10.6. The minimum absolute atomic E-state index is 0.00292. The average molecular weight is 339 g/mol. The zero-order valence-electron chi connectivity index (χ0n) is 13.6. The first-order chi connectivity index (χ1) is 10.7. The van der Waals surface area contributed by atoms with Crippen LogP contribution >= 0.6 is 11.6 Å². The molecule has 0 radical (unpaired) electrons. The highest BCUT2D eigenvalue weighted by Gasteiger charge is 2.28. The molecular weight excluding hydrogens is 320 g/mol. The topological polar surface area (TPSA) is 68.7 Å². The molecule has 0 unspecified atom stereocenters. The molecule has 23 heavy (non-hydrogen) atoms. The van der Waals surface area contributed by atoms with Crippen LogP contribution in [0.15, 0.2) is 12.1 Å². The van der Waals surface area contributed by atoms with Gasteiger partial charge in [-0.25, -0.2) is 19.5 Å². The fourth-order valence-corrected chi connectivity index (χ4v) is 1.78. The number of hydrogen-bond acceptors (Lipinski definition) is 5. The largest absolute Gasteiger partial charge is 0.462 e. The van der Waals surface area contributed by atoms with Gasteiger partial charge < -0.3 is 9.47 Å². The highest BCUT2D eigenvalue weighted by Crippen LogP contribution is 2.23. The molecule has 0 fully saturated rings. The Morgan fingerprint density at radius 2 is 2.04 bits per heavy atom. The number of halogens is 1. The Kier molecular flexibility index (Phi) is 6.40. The van der Waals surface area contributed by atoms with Gasteiger partial charge in [-0.3, -0.25) is 0 Å². The van der Waals surface area contributed by atoms with Crippen LogP contribution in [-0.4, -0.2) is 35.8 Å². The summed E-state index contributed by atoms with van der Waals surface area (Å²) < 4.78 is 10.3. The Morgan fingerprint density at radius 3 is 2.57 bits per heavy atom. The monoisotopic (exact) mass is 338 g/mol. The maximum Gasteiger partial charge on any atom is 0.416 e. The molecule has 0 aliphatic heterocycles. The summed E-state index contributed by atoms with van der Waals surface area (Å²) in [5.41, 5.74) is -0.649. The Labute approximate surface area is 140 Å². The van der Waals surface area contributed by atoms with Gasteiger partial charge in [0.05, 0.1) is 13.2 Å². The first-order valence-corrected chi connectivity index (χ1v) is 7.35. The number of carbonyl (C=O) groups excluding carboxylic acids is 2. The van der Waals surface area contributed by atoms with E-state index >= 15 is 0 Å². The molecule has 0 aromatic carbocycles. The number of rotatable bonds is 4. The summed E-state index contributed by atoms with van der Waals surface area (Å²) in [4.78, 5) is 29.5. The summed E-state index contributed by atoms with van der Waals surface area (Å²) in [7, 11) is 0. The molecule has 0 saturated carbocycles. The van der Waals surface area contributed by atoms with Gasteiger partial charge in [0.1, 0.15) is 16.3 Å². The molecule has 0 spiro atoms. The molecule has 0 saturated heterocycles. The van der Waals surface area contributed by atoms with Gasteiger partial charge in [-0.15, -0.1) is 6.42 Å². The van der Waals surface area contributed by atoms with E-state index in [0.717, 1.165) is 4.90 Å². The fraction of sp³-hybridized carbons (Fsp3) is 0.438. The third-order valence-electron chi connectivity index (χ3n) is 2.46. The number of aromatic nitrogens is 1. The lowest BCUT2D eigenvalue weighted by Gasteiger charge is -2.26. The van der Waals surface area contributed by atoms with Crippen LogP contribution in [0.5, 0.6) is 0 Å². The molecule has 1 aromatic rings. The van der Waals surface area contributed by atoms with Gasteiger partial charge >= 0.3 is 12.1 Å². The van der Waals surface area contributed by atoms with Crippen molar-refractivity contribution in [3.63, 3.8) is 0 Å². The molecule has 6 nitrogen and oxygen atoms in total. The minimum Gasteiger partial charge on any atom is -0.462 e. The molecule has 1 amide bonds. The molecule has 0 aliphatic rings. The van der Waals surface area contributed by atoms with Crippen LogP contribution in [0, 0.1) is 12.3 Å². The van der Waals surface area contributed by atoms with E-state index in [0.29, 0.717) is 0 Å². The number of nitrogens with zero attached hydrogens (tertiary/aromatic N) is 2. The molecule has 124 valence electrons. The minimum atomic E-state index is -0.730. The van der Waals surface area contributed by atoms with Gasteiger partial charge in [0.15, 0.2) is 5.82 Å². The lowest BCUT2D eigenvalue weighted by molar-refractivity contribution is 0.0526. The number of carbonyl (C=O) groups is 2. The second-order valence-corrected chi connectivity index (χ2v) is 5.88. The van der Waals surface area contributed by atoms with Crippen molar-refractivity contribution < 1.29 is 19.1 Å². The smallest absolute Gasteiger partial charge is 0.416 e. The quantitative estimate of drug-likeness (QED) is 0.478. The molecule has 0 bridgehead atoms. The summed E-state index contributed by atoms with van der Waals surface area (Å²) in [6.07, 6.45) is 4.59. The van der Waals surface area contributed by atoms with Gasteiger partial charge in [-0.1, -0.05) is 17.5 Å². The Bertz CT molecular complexity index is 632. The van der Waals surface area contributed by atoms with Crippen LogP contribution < -0.4 is 4.90 Å². The van der Waals surface area contributed by atoms with Crippen molar-refractivity contribution in [3.05, 3.63) is 22.8 Å². The van der Waals surface area contributed by atoms with Crippen molar-refractivity contribution in [2.75, 3.05) is 18.1 Å². The van der Waals surface area contributed by atoms with E-state index in [1.807, 2.05) is 0 Å². The summed E-state index contributed by atoms with van der Waals surface area (Å²) in [6, 6.07) is 2.86. The van der Waals surface area contributed by atoms with Gasteiger partial charge in [0, 0.05) is 0 Å². The maximum absolute atomic E-state index is 12.4. The van der Waals surface area contributed by atoms with E-state index in [4.69, 9.17) is 27.5 Å². The van der Waals surface area contributed by atoms with Gasteiger partial charge in [0.2, 0.25) is 0 Å². The number of pyridine rings is 1. The molecule has 0 N–H and O–H groups in total. The number of terminal acetylenes is 1. The molecular formula is C16H19ClN2O4. The predicted octanol–water partition coefficient (Wildman–Crippen LogP) is 3.29. The van der Waals surface area contributed by atoms with Gasteiger partial charge in [-0.05, 0) is 39.8 Å². The molecule has 7 heteroatoms. The zero-order valence-corrected chi connectivity index (χ0v) is 14.3. The molecule has 0 aliphatic carbocycles. The number of amides is 1. The van der Waals surface area contributed by atoms with Crippen LogP contribution in [0.2, 0.25) is 5.15 Å². The standard InChI is InChI=1S/C16H19ClN2O4/c1-6-10-19(15(21)23-16(3,4)5)13-11(14(20)22-7-2)8-9-12(17)18-13/h1,8-9H,7,10H2,2-5H3. The lowest BCUT2D eigenvalue weighted by Crippen LogP contribution is -2.38. The van der Waals surface area contributed by atoms with Gasteiger partial charge in [-0.2, -0.15) is 0 Å². The van der Waals surface area contributed by atoms with Crippen molar-refractivity contribution in [1.29, 1.82) is 0 Å². The van der Waals surface area contributed by atoms with Gasteiger partial charge in [0.25, 0.3) is 0 Å². The SMILES string of the molecule is C#CCN(C(=O)OC(C)(C)C)c1nc(Cl)ccc1C(=O)OCC. The summed E-state index contributed by atoms with van der Waals surface area (Å²) in [5.74, 6) is 1.72. The predicted molar refractivity (Wildman–Crippen MR) is 87.6 cm³/mol. The van der Waals surface area contributed by atoms with Crippen LogP contribution in [0.4, 0.5) is 10.6 Å². The molecule has 1 rings (SSSR count). The summed E-state index contributed by atoms with van der Waals surface area (Å²) in [6.45, 7) is 6.88. The Hall–Kier alpha value is -2.26. The van der Waals surface area contributed by atoms with Crippen LogP contribution in [0.25, 0.3) is 0 Å². The second-order valence-electron chi connectivity index (χ2n) is 5.50. The van der Waals surface area contributed by atoms with Crippen molar-refractivity contribution in [2.45, 2.75) is 33.3 Å². The van der Waals surface area contributed by atoms with Crippen LogP contribution in [0.3, 0.4) is 0 Å².